The number of aromatic nitrogens is 4. The van der Waals surface area contributed by atoms with Crippen LogP contribution >= 0.6 is 0 Å². The van der Waals surface area contributed by atoms with E-state index in [-0.39, 0.29) is 0 Å². The predicted octanol–water partition coefficient (Wildman–Crippen LogP) is 11.8. The number of rotatable bonds is 5. The number of furan rings is 1. The fourth-order valence-corrected chi connectivity index (χ4v) is 6.98. The molecule has 0 unspecified atom stereocenters. The number of hydrogen-bond donors (Lipinski definition) is 0. The fraction of sp³-hybridized carbons (Fsp3) is 0. The van der Waals surface area contributed by atoms with Crippen LogP contribution in [0, 0.1) is 0 Å². The van der Waals surface area contributed by atoms with E-state index in [2.05, 4.69) is 108 Å². The van der Waals surface area contributed by atoms with E-state index in [1.807, 2.05) is 66.9 Å². The van der Waals surface area contributed by atoms with Gasteiger partial charge in [-0.1, -0.05) is 133 Å². The Labute approximate surface area is 293 Å². The highest BCUT2D eigenvalue weighted by atomic mass is 16.3. The summed E-state index contributed by atoms with van der Waals surface area (Å²) in [7, 11) is 0. The van der Waals surface area contributed by atoms with Gasteiger partial charge < -0.3 is 4.42 Å². The van der Waals surface area contributed by atoms with Crippen LogP contribution in [-0.4, -0.2) is 19.9 Å². The maximum Gasteiger partial charge on any atom is 0.167 e. The molecule has 0 aliphatic heterocycles. The standard InChI is InChI=1S/C46H28N4O/c1-3-11-29(12-4-1)30-19-21-32(22-20-30)45-48-44(31-13-5-2-6-14-31)49-46(50-45)40-27-35(26-39-37-16-8-10-18-42(37)51-43(39)40)33-23-24-34-28-47-41-17-9-7-15-36(41)38(34)25-33/h1-28H. The lowest BCUT2D eigenvalue weighted by Gasteiger charge is -2.12. The van der Waals surface area contributed by atoms with Gasteiger partial charge in [0.25, 0.3) is 0 Å². The van der Waals surface area contributed by atoms with Gasteiger partial charge in [-0.05, 0) is 58.0 Å². The Kier molecular flexibility index (Phi) is 6.74. The molecule has 0 radical (unpaired) electrons. The molecule has 5 heteroatoms. The molecule has 5 nitrogen and oxygen atoms in total. The Bertz CT molecular complexity index is 2900. The second-order valence-corrected chi connectivity index (χ2v) is 12.7. The van der Waals surface area contributed by atoms with Crippen LogP contribution < -0.4 is 0 Å². The molecule has 0 fully saturated rings. The maximum atomic E-state index is 6.60. The van der Waals surface area contributed by atoms with Gasteiger partial charge in [-0.15, -0.1) is 0 Å². The number of para-hydroxylation sites is 2. The van der Waals surface area contributed by atoms with E-state index in [0.717, 1.165) is 82.6 Å². The van der Waals surface area contributed by atoms with Crippen LogP contribution in [0.3, 0.4) is 0 Å². The Morgan fingerprint density at radius 1 is 0.373 bits per heavy atom. The third-order valence-electron chi connectivity index (χ3n) is 9.56. The minimum absolute atomic E-state index is 0.548. The molecule has 0 saturated heterocycles. The van der Waals surface area contributed by atoms with Gasteiger partial charge in [0.2, 0.25) is 0 Å². The summed E-state index contributed by atoms with van der Waals surface area (Å²) in [6.45, 7) is 0. The van der Waals surface area contributed by atoms with Gasteiger partial charge in [-0.2, -0.15) is 0 Å². The highest BCUT2D eigenvalue weighted by Gasteiger charge is 2.20. The second-order valence-electron chi connectivity index (χ2n) is 12.7. The largest absolute Gasteiger partial charge is 0.455 e. The number of benzene rings is 7. The molecule has 7 aromatic carbocycles. The molecule has 0 aliphatic rings. The quantitative estimate of drug-likeness (QED) is 0.173. The van der Waals surface area contributed by atoms with Crippen LogP contribution in [0.2, 0.25) is 0 Å². The summed E-state index contributed by atoms with van der Waals surface area (Å²) in [5.74, 6) is 1.74. The number of fused-ring (bicyclic) bond motifs is 6. The SMILES string of the molecule is c1ccc(-c2ccc(-c3nc(-c4ccccc4)nc(-c4cc(-c5ccc6cnc7ccccc7c6c5)cc5c4oc4ccccc45)n3)cc2)cc1. The van der Waals surface area contributed by atoms with Crippen LogP contribution in [0.5, 0.6) is 0 Å². The lowest BCUT2D eigenvalue weighted by Crippen LogP contribution is -2.00. The Morgan fingerprint density at radius 2 is 0.941 bits per heavy atom. The van der Waals surface area contributed by atoms with Crippen molar-refractivity contribution in [2.45, 2.75) is 0 Å². The highest BCUT2D eigenvalue weighted by Crippen LogP contribution is 2.40. The van der Waals surface area contributed by atoms with Gasteiger partial charge in [0.05, 0.1) is 11.1 Å². The van der Waals surface area contributed by atoms with Gasteiger partial charge in [-0.3, -0.25) is 4.98 Å². The highest BCUT2D eigenvalue weighted by molar-refractivity contribution is 6.12. The molecule has 0 atom stereocenters. The van der Waals surface area contributed by atoms with Gasteiger partial charge in [0, 0.05) is 38.9 Å². The summed E-state index contributed by atoms with van der Waals surface area (Å²) < 4.78 is 6.60. The minimum Gasteiger partial charge on any atom is -0.455 e. The van der Waals surface area contributed by atoms with Crippen molar-refractivity contribution in [3.63, 3.8) is 0 Å². The van der Waals surface area contributed by atoms with E-state index in [4.69, 9.17) is 19.4 Å². The molecule has 10 aromatic rings. The molecule has 10 rings (SSSR count). The van der Waals surface area contributed by atoms with Crippen LogP contribution in [-0.2, 0) is 0 Å². The Hall–Kier alpha value is -6.98. The van der Waals surface area contributed by atoms with Crippen molar-refractivity contribution >= 4 is 43.6 Å². The first-order valence-corrected chi connectivity index (χ1v) is 17.0. The third kappa shape index (κ3) is 5.11. The molecule has 0 spiro atoms. The van der Waals surface area contributed by atoms with E-state index < -0.39 is 0 Å². The zero-order valence-electron chi connectivity index (χ0n) is 27.4. The third-order valence-corrected chi connectivity index (χ3v) is 9.56. The molecule has 3 aromatic heterocycles. The van der Waals surface area contributed by atoms with E-state index in [9.17, 15) is 0 Å². The zero-order chi connectivity index (χ0) is 33.7. The average Bonchev–Trinajstić information content (AvgIpc) is 3.59. The van der Waals surface area contributed by atoms with E-state index in [1.165, 1.54) is 0 Å². The average molecular weight is 653 g/mol. The molecule has 3 heterocycles. The fourth-order valence-electron chi connectivity index (χ4n) is 6.98. The van der Waals surface area contributed by atoms with Crippen molar-refractivity contribution in [3.8, 4) is 56.4 Å². The summed E-state index contributed by atoms with van der Waals surface area (Å²) in [5, 5.41) is 5.43. The summed E-state index contributed by atoms with van der Waals surface area (Å²) in [6.07, 6.45) is 1.95. The number of nitrogens with zero attached hydrogens (tertiary/aromatic N) is 4. The summed E-state index contributed by atoms with van der Waals surface area (Å²) >= 11 is 0. The van der Waals surface area contributed by atoms with Crippen LogP contribution in [0.1, 0.15) is 0 Å². The molecule has 0 bridgehead atoms. The van der Waals surface area contributed by atoms with Gasteiger partial charge in [0.15, 0.2) is 17.5 Å². The molecule has 238 valence electrons. The lowest BCUT2D eigenvalue weighted by atomic mass is 9.96. The van der Waals surface area contributed by atoms with Crippen LogP contribution in [0.4, 0.5) is 0 Å². The number of hydrogen-bond acceptors (Lipinski definition) is 5. The smallest absolute Gasteiger partial charge is 0.167 e. The summed E-state index contributed by atoms with van der Waals surface area (Å²) in [5.41, 5.74) is 9.57. The minimum atomic E-state index is 0.548. The van der Waals surface area contributed by atoms with Crippen molar-refractivity contribution in [1.82, 2.24) is 19.9 Å². The molecular weight excluding hydrogens is 625 g/mol. The maximum absolute atomic E-state index is 6.60. The lowest BCUT2D eigenvalue weighted by molar-refractivity contribution is 0.669. The van der Waals surface area contributed by atoms with Crippen molar-refractivity contribution in [3.05, 3.63) is 170 Å². The van der Waals surface area contributed by atoms with E-state index in [0.29, 0.717) is 17.5 Å². The number of pyridine rings is 1. The van der Waals surface area contributed by atoms with Gasteiger partial charge >= 0.3 is 0 Å². The second kappa shape index (κ2) is 11.9. The molecular formula is C46H28N4O. The van der Waals surface area contributed by atoms with E-state index >= 15 is 0 Å². The monoisotopic (exact) mass is 652 g/mol. The van der Waals surface area contributed by atoms with Crippen LogP contribution in [0.25, 0.3) is 100 Å². The molecule has 0 N–H and O–H groups in total. The van der Waals surface area contributed by atoms with Gasteiger partial charge in [0.1, 0.15) is 11.2 Å². The topological polar surface area (TPSA) is 64.7 Å². The van der Waals surface area contributed by atoms with E-state index in [1.54, 1.807) is 0 Å². The van der Waals surface area contributed by atoms with Crippen molar-refractivity contribution < 1.29 is 4.42 Å². The molecule has 0 amide bonds. The van der Waals surface area contributed by atoms with Crippen molar-refractivity contribution in [1.29, 1.82) is 0 Å². The predicted molar refractivity (Wildman–Crippen MR) is 207 cm³/mol. The van der Waals surface area contributed by atoms with Gasteiger partial charge in [-0.25, -0.2) is 15.0 Å². The summed E-state index contributed by atoms with van der Waals surface area (Å²) in [6, 6.07) is 56.2. The molecule has 0 saturated carbocycles. The van der Waals surface area contributed by atoms with Crippen molar-refractivity contribution in [2.75, 3.05) is 0 Å². The Morgan fingerprint density at radius 3 is 1.73 bits per heavy atom. The molecule has 0 aliphatic carbocycles. The first-order chi connectivity index (χ1) is 25.2. The van der Waals surface area contributed by atoms with Crippen molar-refractivity contribution in [2.24, 2.45) is 0 Å². The van der Waals surface area contributed by atoms with Crippen LogP contribution in [0.15, 0.2) is 174 Å². The first kappa shape index (κ1) is 29.0. The zero-order valence-corrected chi connectivity index (χ0v) is 27.4. The summed E-state index contributed by atoms with van der Waals surface area (Å²) in [4.78, 5) is 20.0. The normalized spacial score (nSPS) is 11.5. The first-order valence-electron chi connectivity index (χ1n) is 17.0. The molecule has 51 heavy (non-hydrogen) atoms. The Balaban J connectivity index is 1.20.